The van der Waals surface area contributed by atoms with E-state index in [9.17, 15) is 13.2 Å². The van der Waals surface area contributed by atoms with E-state index in [1.165, 1.54) is 19.1 Å². The summed E-state index contributed by atoms with van der Waals surface area (Å²) >= 11 is 0. The number of ether oxygens (including phenoxy) is 1. The van der Waals surface area contributed by atoms with Crippen molar-refractivity contribution in [3.05, 3.63) is 88.5 Å². The zero-order valence-corrected chi connectivity index (χ0v) is 22.8. The minimum absolute atomic E-state index is 0.0386. The van der Waals surface area contributed by atoms with Crippen LogP contribution in [0.3, 0.4) is 0 Å². The molecule has 0 N–H and O–H groups in total. The fourth-order valence-corrected chi connectivity index (χ4v) is 6.34. The van der Waals surface area contributed by atoms with Gasteiger partial charge in [-0.25, -0.2) is 17.6 Å². The van der Waals surface area contributed by atoms with Crippen LogP contribution in [0, 0.1) is 42.0 Å². The fraction of sp³-hybridized carbons (Fsp3) is 0.455. The van der Waals surface area contributed by atoms with E-state index >= 15 is 13.2 Å². The predicted molar refractivity (Wildman–Crippen MR) is 144 cm³/mol. The zero-order chi connectivity index (χ0) is 28.6. The van der Waals surface area contributed by atoms with Gasteiger partial charge < -0.3 is 4.74 Å². The Balaban J connectivity index is 1.23. The van der Waals surface area contributed by atoms with Gasteiger partial charge in [0.15, 0.2) is 0 Å². The summed E-state index contributed by atoms with van der Waals surface area (Å²) in [6.07, 6.45) is 1.64. The lowest BCUT2D eigenvalue weighted by Crippen LogP contribution is -2.37. The molecule has 0 saturated heterocycles. The third kappa shape index (κ3) is 6.03. The minimum atomic E-state index is -3.66. The van der Waals surface area contributed by atoms with Gasteiger partial charge in [-0.15, -0.1) is 0 Å². The van der Waals surface area contributed by atoms with Gasteiger partial charge in [-0.2, -0.15) is 8.78 Å². The molecule has 2 saturated carbocycles. The molecular weight excluding hydrogens is 526 g/mol. The average molecular weight is 561 g/mol. The van der Waals surface area contributed by atoms with Crippen molar-refractivity contribution in [3.63, 3.8) is 0 Å². The zero-order valence-electron chi connectivity index (χ0n) is 22.8. The second-order valence-corrected chi connectivity index (χ2v) is 11.7. The summed E-state index contributed by atoms with van der Waals surface area (Å²) in [6, 6.07) is 10.6. The lowest BCUT2D eigenvalue weighted by molar-refractivity contribution is -0.222. The van der Waals surface area contributed by atoms with E-state index in [-0.39, 0.29) is 30.1 Å². The maximum absolute atomic E-state index is 15.1. The van der Waals surface area contributed by atoms with Crippen molar-refractivity contribution in [2.75, 3.05) is 0 Å². The molecule has 0 bridgehead atoms. The molecule has 3 aromatic rings. The van der Waals surface area contributed by atoms with Gasteiger partial charge in [0, 0.05) is 12.1 Å². The first-order chi connectivity index (χ1) is 19.0. The molecule has 2 fully saturated rings. The van der Waals surface area contributed by atoms with Crippen LogP contribution in [-0.4, -0.2) is 6.11 Å². The van der Waals surface area contributed by atoms with Gasteiger partial charge in [-0.05, 0) is 97.6 Å². The highest BCUT2D eigenvalue weighted by Gasteiger charge is 2.44. The third-order valence-electron chi connectivity index (χ3n) is 8.88. The van der Waals surface area contributed by atoms with Crippen molar-refractivity contribution in [1.82, 2.24) is 0 Å². The molecule has 0 aromatic heterocycles. The van der Waals surface area contributed by atoms with E-state index in [1.807, 2.05) is 12.1 Å². The number of hydrogen-bond donors (Lipinski definition) is 0. The molecule has 2 aliphatic rings. The molecule has 0 unspecified atom stereocenters. The first-order valence-electron chi connectivity index (χ1n) is 14.1. The Morgan fingerprint density at radius 3 is 1.90 bits per heavy atom. The minimum Gasteiger partial charge on any atom is -0.432 e. The SMILES string of the molecule is Cc1ccc(-c2c(F)cc(OC(F)(F)C3CCC(c4ccc(C5CCC(C)CC5)cc4F)CC3)cc2F)cc1F. The number of benzene rings is 3. The molecule has 0 atom stereocenters. The average Bonchev–Trinajstić information content (AvgIpc) is 2.90. The van der Waals surface area contributed by atoms with Crippen LogP contribution in [0.25, 0.3) is 11.1 Å². The van der Waals surface area contributed by atoms with Crippen LogP contribution in [0.2, 0.25) is 0 Å². The molecule has 1 nitrogen and oxygen atoms in total. The van der Waals surface area contributed by atoms with Crippen molar-refractivity contribution in [2.45, 2.75) is 83.2 Å². The van der Waals surface area contributed by atoms with Crippen LogP contribution in [0.5, 0.6) is 5.75 Å². The van der Waals surface area contributed by atoms with Crippen LogP contribution < -0.4 is 4.74 Å². The predicted octanol–water partition coefficient (Wildman–Crippen LogP) is 10.5. The summed E-state index contributed by atoms with van der Waals surface area (Å²) in [5, 5.41) is 0. The Morgan fingerprint density at radius 2 is 1.30 bits per heavy atom. The van der Waals surface area contributed by atoms with Gasteiger partial charge in [-0.3, -0.25) is 0 Å². The van der Waals surface area contributed by atoms with Crippen LogP contribution in [0.4, 0.5) is 26.3 Å². The van der Waals surface area contributed by atoms with Gasteiger partial charge in [0.1, 0.15) is 29.0 Å². The highest BCUT2D eigenvalue weighted by molar-refractivity contribution is 5.66. The molecule has 2 aliphatic carbocycles. The molecule has 0 spiro atoms. The third-order valence-corrected chi connectivity index (χ3v) is 8.88. The first-order valence-corrected chi connectivity index (χ1v) is 14.1. The summed E-state index contributed by atoms with van der Waals surface area (Å²) in [4.78, 5) is 0. The van der Waals surface area contributed by atoms with E-state index in [2.05, 4.69) is 6.92 Å². The topological polar surface area (TPSA) is 9.23 Å². The summed E-state index contributed by atoms with van der Waals surface area (Å²) in [5.41, 5.74) is 1.33. The van der Waals surface area contributed by atoms with Gasteiger partial charge in [0.25, 0.3) is 0 Å². The van der Waals surface area contributed by atoms with Crippen molar-refractivity contribution < 1.29 is 31.1 Å². The number of aryl methyl sites for hydroxylation is 1. The lowest BCUT2D eigenvalue weighted by Gasteiger charge is -2.34. The van der Waals surface area contributed by atoms with E-state index < -0.39 is 40.8 Å². The monoisotopic (exact) mass is 560 g/mol. The Labute approximate surface area is 231 Å². The van der Waals surface area contributed by atoms with E-state index in [1.54, 1.807) is 6.07 Å². The number of halogens is 6. The highest BCUT2D eigenvalue weighted by atomic mass is 19.3. The molecule has 3 aromatic carbocycles. The summed E-state index contributed by atoms with van der Waals surface area (Å²) in [5.74, 6) is -4.07. The molecular formula is C33H34F6O. The molecule has 5 rings (SSSR count). The molecule has 7 heteroatoms. The largest absolute Gasteiger partial charge is 0.432 e. The van der Waals surface area contributed by atoms with Gasteiger partial charge in [0.2, 0.25) is 0 Å². The first kappa shape index (κ1) is 28.6. The molecule has 214 valence electrons. The Bertz CT molecular complexity index is 1330. The molecule has 0 aliphatic heterocycles. The quantitative estimate of drug-likeness (QED) is 0.273. The van der Waals surface area contributed by atoms with Crippen LogP contribution in [0.1, 0.15) is 86.8 Å². The molecule has 0 heterocycles. The van der Waals surface area contributed by atoms with Gasteiger partial charge in [0.05, 0.1) is 11.5 Å². The summed E-state index contributed by atoms with van der Waals surface area (Å²) in [6.45, 7) is 3.76. The second kappa shape index (κ2) is 11.5. The summed E-state index contributed by atoms with van der Waals surface area (Å²) < 4.78 is 93.5. The molecule has 0 radical (unpaired) electrons. The lowest BCUT2D eigenvalue weighted by atomic mass is 9.76. The van der Waals surface area contributed by atoms with Crippen molar-refractivity contribution in [2.24, 2.45) is 11.8 Å². The normalized spacial score (nSPS) is 23.7. The van der Waals surface area contributed by atoms with Crippen LogP contribution in [-0.2, 0) is 0 Å². The van der Waals surface area contributed by atoms with E-state index in [0.29, 0.717) is 47.9 Å². The number of rotatable bonds is 6. The van der Waals surface area contributed by atoms with Crippen LogP contribution >= 0.6 is 0 Å². The van der Waals surface area contributed by atoms with Gasteiger partial charge >= 0.3 is 6.11 Å². The van der Waals surface area contributed by atoms with Crippen molar-refractivity contribution >= 4 is 0 Å². The maximum atomic E-state index is 15.1. The highest BCUT2D eigenvalue weighted by Crippen LogP contribution is 2.45. The standard InChI is InChI=1S/C33H34F6O/c1-19-3-6-21(7-4-19)23-11-14-27(29(35)15-23)22-9-12-25(13-10-22)33(38,39)40-26-17-30(36)32(31(37)18-26)24-8-5-20(2)28(34)16-24/h5,8,11,14-19,21-22,25H,3-4,6-7,9-10,12-13H2,1-2H3. The number of hydrogen-bond acceptors (Lipinski definition) is 1. The van der Waals surface area contributed by atoms with Crippen molar-refractivity contribution in [3.8, 4) is 16.9 Å². The Kier molecular flexibility index (Phi) is 8.21. The van der Waals surface area contributed by atoms with Crippen LogP contribution in [0.15, 0.2) is 48.5 Å². The maximum Gasteiger partial charge on any atom is 0.400 e. The molecule has 0 amide bonds. The van der Waals surface area contributed by atoms with E-state index in [4.69, 9.17) is 4.74 Å². The fourth-order valence-electron chi connectivity index (χ4n) is 6.34. The Hall–Kier alpha value is -2.96. The van der Waals surface area contributed by atoms with Crippen molar-refractivity contribution in [1.29, 1.82) is 0 Å². The number of alkyl halides is 2. The smallest absolute Gasteiger partial charge is 0.400 e. The molecule has 40 heavy (non-hydrogen) atoms. The Morgan fingerprint density at radius 1 is 0.675 bits per heavy atom. The van der Waals surface area contributed by atoms with E-state index in [0.717, 1.165) is 37.3 Å². The second-order valence-electron chi connectivity index (χ2n) is 11.7. The summed E-state index contributed by atoms with van der Waals surface area (Å²) in [7, 11) is 0. The van der Waals surface area contributed by atoms with Gasteiger partial charge in [-0.1, -0.05) is 44.0 Å².